The minimum absolute atomic E-state index is 0.0613. The number of nitrogens with one attached hydrogen (secondary N) is 1. The van der Waals surface area contributed by atoms with Gasteiger partial charge in [0.1, 0.15) is 17.4 Å². The van der Waals surface area contributed by atoms with E-state index in [2.05, 4.69) is 41.4 Å². The van der Waals surface area contributed by atoms with Gasteiger partial charge in [-0.25, -0.2) is 13.2 Å². The average molecular weight is 779 g/mol. The first-order chi connectivity index (χ1) is 25.8. The van der Waals surface area contributed by atoms with Crippen molar-refractivity contribution >= 4 is 33.6 Å². The van der Waals surface area contributed by atoms with Gasteiger partial charge in [-0.15, -0.1) is 0 Å². The third-order valence-corrected chi connectivity index (χ3v) is 13.1. The van der Waals surface area contributed by atoms with Crippen LogP contribution in [0.4, 0.5) is 4.79 Å². The lowest BCUT2D eigenvalue weighted by Gasteiger charge is -2.44. The molecule has 3 aliphatic rings. The van der Waals surface area contributed by atoms with E-state index < -0.39 is 27.8 Å². The number of alkyl carbamates (subject to hydrolysis) is 1. The third-order valence-electron chi connectivity index (χ3n) is 10.9. The maximum atomic E-state index is 14.4. The lowest BCUT2D eigenvalue weighted by molar-refractivity contribution is -0.138. The second-order valence-electron chi connectivity index (χ2n) is 16.0. The number of rotatable bonds is 10. The highest BCUT2D eigenvalue weighted by atomic mass is 35.5. The Morgan fingerprint density at radius 3 is 2.06 bits per heavy atom. The quantitative estimate of drug-likeness (QED) is 0.223. The zero-order valence-electron chi connectivity index (χ0n) is 32.0. The summed E-state index contributed by atoms with van der Waals surface area (Å²) in [4.78, 5) is 30.9. The molecule has 0 unspecified atom stereocenters. The van der Waals surface area contributed by atoms with Crippen LogP contribution in [0, 0.1) is 5.92 Å². The van der Waals surface area contributed by atoms with E-state index in [0.29, 0.717) is 55.8 Å². The standard InChI is InChI=1S/C42H55ClN4O6S/c1-30(32-10-12-33(13-11-32)34-14-16-35(43)17-15-34)46-26-27-47(54(50,51)38-20-18-37(19-21-38)52-29-31-8-6-5-7-9-31)39(28-46)40(48)45-24-22-36(23-25-45)44-41(49)53-42(2,3)4/h10-21,30-31,36,39H,5-9,22-29H2,1-4H3,(H,44,49)/t30-,39-/m0/s1. The zero-order chi connectivity index (χ0) is 38.5. The van der Waals surface area contributed by atoms with Crippen molar-refractivity contribution < 1.29 is 27.5 Å². The van der Waals surface area contributed by atoms with Crippen molar-refractivity contribution in [2.24, 2.45) is 5.92 Å². The van der Waals surface area contributed by atoms with Gasteiger partial charge in [-0.05, 0) is 112 Å². The molecule has 1 aliphatic carbocycles. The summed E-state index contributed by atoms with van der Waals surface area (Å²) < 4.78 is 41.6. The van der Waals surface area contributed by atoms with E-state index in [1.165, 1.54) is 36.4 Å². The number of piperidine rings is 1. The van der Waals surface area contributed by atoms with Gasteiger partial charge in [0.2, 0.25) is 15.9 Å². The molecule has 54 heavy (non-hydrogen) atoms. The zero-order valence-corrected chi connectivity index (χ0v) is 33.6. The fraction of sp³-hybridized carbons (Fsp3) is 0.524. The summed E-state index contributed by atoms with van der Waals surface area (Å²) in [6.07, 6.45) is 6.69. The van der Waals surface area contributed by atoms with Crippen molar-refractivity contribution in [3.63, 3.8) is 0 Å². The molecule has 2 aliphatic heterocycles. The van der Waals surface area contributed by atoms with Crippen LogP contribution in [0.2, 0.25) is 5.02 Å². The van der Waals surface area contributed by atoms with Crippen molar-refractivity contribution in [3.05, 3.63) is 83.4 Å². The van der Waals surface area contributed by atoms with Crippen molar-refractivity contribution in [2.75, 3.05) is 39.3 Å². The van der Waals surface area contributed by atoms with Crippen LogP contribution in [0.5, 0.6) is 5.75 Å². The fourth-order valence-electron chi connectivity index (χ4n) is 7.78. The summed E-state index contributed by atoms with van der Waals surface area (Å²) in [6, 6.07) is 21.6. The Hall–Kier alpha value is -3.64. The number of hydrogen-bond acceptors (Lipinski definition) is 7. The van der Waals surface area contributed by atoms with Gasteiger partial charge in [0.25, 0.3) is 0 Å². The van der Waals surface area contributed by atoms with Gasteiger partial charge in [-0.1, -0.05) is 67.3 Å². The Bertz CT molecular complexity index is 1820. The van der Waals surface area contributed by atoms with Gasteiger partial charge >= 0.3 is 6.09 Å². The normalized spacial score (nSPS) is 20.3. The van der Waals surface area contributed by atoms with Crippen LogP contribution in [0.3, 0.4) is 0 Å². The maximum absolute atomic E-state index is 14.4. The number of carbonyl (C=O) groups excluding carboxylic acids is 2. The molecule has 3 aromatic rings. The number of piperazine rings is 1. The van der Waals surface area contributed by atoms with Crippen molar-refractivity contribution in [1.29, 1.82) is 0 Å². The molecule has 292 valence electrons. The second-order valence-corrected chi connectivity index (χ2v) is 18.3. The number of amides is 2. The van der Waals surface area contributed by atoms with Crippen molar-refractivity contribution in [1.82, 2.24) is 19.4 Å². The number of sulfonamides is 1. The van der Waals surface area contributed by atoms with E-state index in [4.69, 9.17) is 21.1 Å². The average Bonchev–Trinajstić information content (AvgIpc) is 3.17. The topological polar surface area (TPSA) is 108 Å². The first kappa shape index (κ1) is 40.0. The monoisotopic (exact) mass is 778 g/mol. The Labute approximate surface area is 326 Å². The highest BCUT2D eigenvalue weighted by Gasteiger charge is 2.43. The molecular formula is C42H55ClN4O6S. The molecule has 1 N–H and O–H groups in total. The van der Waals surface area contributed by atoms with Crippen LogP contribution in [0.15, 0.2) is 77.7 Å². The number of halogens is 1. The molecule has 0 radical (unpaired) electrons. The summed E-state index contributed by atoms with van der Waals surface area (Å²) >= 11 is 6.10. The fourth-order valence-corrected chi connectivity index (χ4v) is 9.47. The van der Waals surface area contributed by atoms with E-state index in [0.717, 1.165) is 16.7 Å². The van der Waals surface area contributed by atoms with Gasteiger partial charge < -0.3 is 19.7 Å². The summed E-state index contributed by atoms with van der Waals surface area (Å²) in [6.45, 7) is 9.87. The van der Waals surface area contributed by atoms with Gasteiger partial charge in [0.05, 0.1) is 11.5 Å². The summed E-state index contributed by atoms with van der Waals surface area (Å²) in [7, 11) is -4.02. The predicted octanol–water partition coefficient (Wildman–Crippen LogP) is 7.92. The summed E-state index contributed by atoms with van der Waals surface area (Å²) in [5.74, 6) is 0.958. The van der Waals surface area contributed by atoms with E-state index in [1.54, 1.807) is 29.2 Å². The molecule has 2 amide bonds. The smallest absolute Gasteiger partial charge is 0.407 e. The molecule has 2 saturated heterocycles. The van der Waals surface area contributed by atoms with E-state index in [-0.39, 0.29) is 36.0 Å². The molecule has 0 aromatic heterocycles. The third kappa shape index (κ3) is 10.2. The highest BCUT2D eigenvalue weighted by Crippen LogP contribution is 2.32. The van der Waals surface area contributed by atoms with Crippen LogP contribution in [0.1, 0.15) is 84.2 Å². The first-order valence-corrected chi connectivity index (χ1v) is 21.2. The molecule has 3 fully saturated rings. The Morgan fingerprint density at radius 1 is 0.833 bits per heavy atom. The van der Waals surface area contributed by atoms with Gasteiger partial charge in [0, 0.05) is 49.8 Å². The Balaban J connectivity index is 1.17. The van der Waals surface area contributed by atoms with Crippen LogP contribution < -0.4 is 10.1 Å². The summed E-state index contributed by atoms with van der Waals surface area (Å²) in [5, 5.41) is 3.62. The molecular weight excluding hydrogens is 724 g/mol. The lowest BCUT2D eigenvalue weighted by Crippen LogP contribution is -2.62. The Morgan fingerprint density at radius 2 is 1.44 bits per heavy atom. The Kier molecular flexibility index (Phi) is 12.9. The summed E-state index contributed by atoms with van der Waals surface area (Å²) in [5.41, 5.74) is 2.60. The largest absolute Gasteiger partial charge is 0.493 e. The van der Waals surface area contributed by atoms with Gasteiger partial charge in [0.15, 0.2) is 0 Å². The van der Waals surface area contributed by atoms with Crippen molar-refractivity contribution in [2.45, 2.75) is 101 Å². The number of likely N-dealkylation sites (tertiary alicyclic amines) is 1. The molecule has 2 atom stereocenters. The van der Waals surface area contributed by atoms with Crippen LogP contribution in [-0.4, -0.2) is 91.5 Å². The van der Waals surface area contributed by atoms with Crippen LogP contribution in [0.25, 0.3) is 11.1 Å². The van der Waals surface area contributed by atoms with Crippen LogP contribution in [-0.2, 0) is 19.6 Å². The predicted molar refractivity (Wildman–Crippen MR) is 212 cm³/mol. The first-order valence-electron chi connectivity index (χ1n) is 19.4. The van der Waals surface area contributed by atoms with E-state index >= 15 is 0 Å². The molecule has 3 aromatic carbocycles. The van der Waals surface area contributed by atoms with E-state index in [9.17, 15) is 18.0 Å². The van der Waals surface area contributed by atoms with Gasteiger partial charge in [-0.2, -0.15) is 4.31 Å². The number of hydrogen-bond donors (Lipinski definition) is 1. The van der Waals surface area contributed by atoms with Crippen molar-refractivity contribution in [3.8, 4) is 16.9 Å². The molecule has 0 spiro atoms. The number of ether oxygens (including phenoxy) is 2. The number of nitrogens with zero attached hydrogens (tertiary/aromatic N) is 3. The molecule has 0 bridgehead atoms. The lowest BCUT2D eigenvalue weighted by atomic mass is 9.90. The van der Waals surface area contributed by atoms with E-state index in [1.807, 2.05) is 45.0 Å². The minimum Gasteiger partial charge on any atom is -0.493 e. The molecule has 1 saturated carbocycles. The molecule has 12 heteroatoms. The maximum Gasteiger partial charge on any atom is 0.407 e. The SMILES string of the molecule is C[C@@H](c1ccc(-c2ccc(Cl)cc2)cc1)N1CCN(S(=O)(=O)c2ccc(OCC3CCCCC3)cc2)[C@H](C(=O)N2CCC(NC(=O)OC(C)(C)C)CC2)C1. The second kappa shape index (κ2) is 17.4. The molecule has 10 nitrogen and oxygen atoms in total. The number of carbonyl (C=O) groups is 2. The molecule has 6 rings (SSSR count). The molecule has 2 heterocycles. The minimum atomic E-state index is -4.02. The van der Waals surface area contributed by atoms with Gasteiger partial charge in [-0.3, -0.25) is 9.69 Å². The number of benzene rings is 3. The van der Waals surface area contributed by atoms with Crippen LogP contribution >= 0.6 is 11.6 Å². The highest BCUT2D eigenvalue weighted by molar-refractivity contribution is 7.89.